The molecule has 3 heterocycles. The van der Waals surface area contributed by atoms with Crippen molar-refractivity contribution in [3.8, 4) is 0 Å². The van der Waals surface area contributed by atoms with E-state index in [1.807, 2.05) is 0 Å². The lowest BCUT2D eigenvalue weighted by molar-refractivity contribution is 0.398. The van der Waals surface area contributed by atoms with E-state index in [0.717, 1.165) is 0 Å². The first kappa shape index (κ1) is 15.1. The topological polar surface area (TPSA) is 13.1 Å². The molecule has 1 saturated carbocycles. The van der Waals surface area contributed by atoms with Crippen LogP contribution in [0.15, 0.2) is 36.5 Å². The van der Waals surface area contributed by atoms with Crippen molar-refractivity contribution in [3.05, 3.63) is 53.3 Å². The monoisotopic (exact) mass is 333 g/mol. The maximum atomic E-state index is 2.76. The Bertz CT molecular complexity index is 969. The molecule has 1 aliphatic carbocycles. The van der Waals surface area contributed by atoms with E-state index in [2.05, 4.69) is 78.5 Å². The quantitative estimate of drug-likeness (QED) is 0.598. The first-order valence-corrected chi connectivity index (χ1v) is 9.55. The third-order valence-corrected chi connectivity index (χ3v) is 6.77. The first-order chi connectivity index (χ1) is 12.1. The van der Waals surface area contributed by atoms with Gasteiger partial charge in [-0.15, -0.1) is 0 Å². The van der Waals surface area contributed by atoms with Gasteiger partial charge in [0.15, 0.2) is 0 Å². The van der Waals surface area contributed by atoms with E-state index in [0.29, 0.717) is 6.04 Å². The summed E-state index contributed by atoms with van der Waals surface area (Å²) in [6.45, 7) is 4.66. The summed E-state index contributed by atoms with van der Waals surface area (Å²) in [5.74, 6) is 0. The van der Waals surface area contributed by atoms with Gasteiger partial charge in [-0.05, 0) is 44.4 Å². The molecule has 3 aromatic rings. The Labute approximate surface area is 149 Å². The van der Waals surface area contributed by atoms with E-state index in [4.69, 9.17) is 0 Å². The van der Waals surface area contributed by atoms with Crippen LogP contribution in [0.4, 0.5) is 5.69 Å². The number of aromatic nitrogens is 2. The number of hydrogen-bond donors (Lipinski definition) is 0. The van der Waals surface area contributed by atoms with Crippen LogP contribution in [0.2, 0.25) is 0 Å². The fourth-order valence-electron chi connectivity index (χ4n) is 5.81. The van der Waals surface area contributed by atoms with Gasteiger partial charge in [0, 0.05) is 31.5 Å². The van der Waals surface area contributed by atoms with Crippen molar-refractivity contribution in [1.29, 1.82) is 0 Å². The summed E-state index contributed by atoms with van der Waals surface area (Å²) in [5.41, 5.74) is 8.89. The summed E-state index contributed by atoms with van der Waals surface area (Å²) in [5, 5.41) is 0. The van der Waals surface area contributed by atoms with Gasteiger partial charge >= 0.3 is 0 Å². The smallest absolute Gasteiger partial charge is 0.0814 e. The molecule has 1 spiro atoms. The molecule has 0 bridgehead atoms. The van der Waals surface area contributed by atoms with E-state index in [-0.39, 0.29) is 5.54 Å². The lowest BCUT2D eigenvalue weighted by atomic mass is 9.92. The molecule has 3 nitrogen and oxygen atoms in total. The van der Waals surface area contributed by atoms with Crippen LogP contribution < -0.4 is 4.90 Å². The summed E-state index contributed by atoms with van der Waals surface area (Å²) >= 11 is 0. The maximum Gasteiger partial charge on any atom is 0.0814 e. The van der Waals surface area contributed by atoms with E-state index < -0.39 is 0 Å². The Morgan fingerprint density at radius 3 is 2.48 bits per heavy atom. The van der Waals surface area contributed by atoms with Gasteiger partial charge in [0.05, 0.1) is 28.3 Å². The Kier molecular flexibility index (Phi) is 2.99. The van der Waals surface area contributed by atoms with Gasteiger partial charge in [-0.25, -0.2) is 0 Å². The molecule has 0 radical (unpaired) electrons. The van der Waals surface area contributed by atoms with Crippen LogP contribution in [0.1, 0.15) is 55.5 Å². The minimum absolute atomic E-state index is 0.161. The second-order valence-electron chi connectivity index (χ2n) is 8.05. The second-order valence-corrected chi connectivity index (χ2v) is 8.05. The van der Waals surface area contributed by atoms with Gasteiger partial charge in [-0.3, -0.25) is 0 Å². The van der Waals surface area contributed by atoms with E-state index in [9.17, 15) is 0 Å². The molecular weight excluding hydrogens is 306 g/mol. The summed E-state index contributed by atoms with van der Waals surface area (Å²) in [6.07, 6.45) is 7.40. The summed E-state index contributed by atoms with van der Waals surface area (Å²) in [4.78, 5) is 2.76. The highest BCUT2D eigenvalue weighted by atomic mass is 15.3. The number of fused-ring (bicyclic) bond motifs is 4. The third kappa shape index (κ3) is 1.71. The van der Waals surface area contributed by atoms with Crippen LogP contribution in [-0.2, 0) is 19.6 Å². The molecule has 2 aliphatic rings. The molecule has 1 unspecified atom stereocenters. The summed E-state index contributed by atoms with van der Waals surface area (Å²) < 4.78 is 4.80. The van der Waals surface area contributed by atoms with Crippen molar-refractivity contribution in [2.75, 3.05) is 4.90 Å². The average Bonchev–Trinajstić information content (AvgIpc) is 3.31. The lowest BCUT2D eigenvalue weighted by Crippen LogP contribution is -2.41. The number of nitrogens with zero attached hydrogens (tertiary/aromatic N) is 3. The predicted octanol–water partition coefficient (Wildman–Crippen LogP) is 5.18. The van der Waals surface area contributed by atoms with Crippen molar-refractivity contribution in [2.24, 2.45) is 14.1 Å². The lowest BCUT2D eigenvalue weighted by Gasteiger charge is -2.41. The fourth-order valence-corrected chi connectivity index (χ4v) is 5.81. The number of anilines is 1. The van der Waals surface area contributed by atoms with Crippen LogP contribution in [0, 0.1) is 6.92 Å². The van der Waals surface area contributed by atoms with Crippen molar-refractivity contribution < 1.29 is 0 Å². The first-order valence-electron chi connectivity index (χ1n) is 9.55. The molecular formula is C22H27N3. The zero-order valence-electron chi connectivity index (χ0n) is 15.7. The van der Waals surface area contributed by atoms with Crippen LogP contribution in [0.25, 0.3) is 11.0 Å². The fraction of sp³-hybridized carbons (Fsp3) is 0.455. The third-order valence-electron chi connectivity index (χ3n) is 6.77. The highest BCUT2D eigenvalue weighted by Crippen LogP contribution is 2.58. The van der Waals surface area contributed by atoms with Gasteiger partial charge in [-0.2, -0.15) is 0 Å². The minimum Gasteiger partial charge on any atom is -0.353 e. The molecule has 1 fully saturated rings. The molecule has 5 rings (SSSR count). The van der Waals surface area contributed by atoms with E-state index in [1.165, 1.54) is 48.0 Å². The molecule has 3 heteroatoms. The molecule has 0 saturated heterocycles. The average molecular weight is 333 g/mol. The Hall–Kier alpha value is -2.16. The van der Waals surface area contributed by atoms with Crippen molar-refractivity contribution in [2.45, 2.75) is 51.1 Å². The van der Waals surface area contributed by atoms with Crippen LogP contribution in [0.5, 0.6) is 0 Å². The van der Waals surface area contributed by atoms with Gasteiger partial charge < -0.3 is 14.0 Å². The van der Waals surface area contributed by atoms with Crippen molar-refractivity contribution in [1.82, 2.24) is 9.13 Å². The van der Waals surface area contributed by atoms with Crippen LogP contribution >= 0.6 is 0 Å². The second kappa shape index (κ2) is 4.94. The number of aryl methyl sites for hydroxylation is 3. The zero-order valence-corrected chi connectivity index (χ0v) is 15.7. The Morgan fingerprint density at radius 1 is 1.04 bits per heavy atom. The predicted molar refractivity (Wildman–Crippen MR) is 104 cm³/mol. The maximum absolute atomic E-state index is 2.76. The molecule has 1 aliphatic heterocycles. The van der Waals surface area contributed by atoms with Gasteiger partial charge in [0.1, 0.15) is 0 Å². The molecule has 0 amide bonds. The number of hydrogen-bond acceptors (Lipinski definition) is 1. The Morgan fingerprint density at radius 2 is 1.76 bits per heavy atom. The highest BCUT2D eigenvalue weighted by molar-refractivity contribution is 5.87. The molecule has 25 heavy (non-hydrogen) atoms. The van der Waals surface area contributed by atoms with Gasteiger partial charge in [0.25, 0.3) is 0 Å². The zero-order chi connectivity index (χ0) is 17.3. The molecule has 0 N–H and O–H groups in total. The minimum atomic E-state index is 0.161. The molecule has 2 aromatic heterocycles. The van der Waals surface area contributed by atoms with E-state index in [1.54, 1.807) is 11.3 Å². The van der Waals surface area contributed by atoms with Crippen LogP contribution in [-0.4, -0.2) is 9.13 Å². The normalized spacial score (nSPS) is 21.6. The number of para-hydroxylation sites is 1. The number of benzene rings is 1. The molecule has 1 aromatic carbocycles. The summed E-state index contributed by atoms with van der Waals surface area (Å²) in [6, 6.07) is 11.6. The van der Waals surface area contributed by atoms with Crippen LogP contribution in [0.3, 0.4) is 0 Å². The standard InChI is InChI=1S/C22H27N3/c1-15-9-5-6-10-17(15)25-16(2)19-20-18(11-14-23(20)3)24(4)21(19)22(25)12-7-8-13-22/h5-6,9-11,14,16H,7-8,12-13H2,1-4H3. The number of rotatable bonds is 1. The van der Waals surface area contributed by atoms with E-state index >= 15 is 0 Å². The Balaban J connectivity index is 1.84. The van der Waals surface area contributed by atoms with Crippen molar-refractivity contribution >= 4 is 16.7 Å². The summed E-state index contributed by atoms with van der Waals surface area (Å²) in [7, 11) is 4.46. The highest BCUT2D eigenvalue weighted by Gasteiger charge is 2.53. The molecule has 130 valence electrons. The van der Waals surface area contributed by atoms with Gasteiger partial charge in [0.2, 0.25) is 0 Å². The van der Waals surface area contributed by atoms with Gasteiger partial charge in [-0.1, -0.05) is 31.0 Å². The molecule has 1 atom stereocenters. The van der Waals surface area contributed by atoms with Crippen molar-refractivity contribution in [3.63, 3.8) is 0 Å². The SMILES string of the molecule is Cc1ccccc1N1C(C)c2c(n(C)c3ccn(C)c23)C12CCCC2. The largest absolute Gasteiger partial charge is 0.353 e.